The predicted molar refractivity (Wildman–Crippen MR) is 231 cm³/mol. The molecule has 1 aromatic rings. The van der Waals surface area contributed by atoms with Crippen LogP contribution in [-0.4, -0.2) is 83.7 Å². The number of ether oxygens (including phenoxy) is 1. The largest absolute Gasteiger partial charge is 0.481 e. The molecule has 1 aliphatic heterocycles. The zero-order valence-corrected chi connectivity index (χ0v) is 37.9. The highest BCUT2D eigenvalue weighted by Crippen LogP contribution is 2.78. The van der Waals surface area contributed by atoms with Crippen molar-refractivity contribution < 1.29 is 24.2 Å². The van der Waals surface area contributed by atoms with Crippen LogP contribution in [0.4, 0.5) is 0 Å². The Bertz CT molecular complexity index is 1800. The zero-order chi connectivity index (χ0) is 42.0. The quantitative estimate of drug-likeness (QED) is 0.240. The minimum Gasteiger partial charge on any atom is -0.481 e. The Morgan fingerprint density at radius 1 is 0.712 bits per heavy atom. The third-order valence-corrected chi connectivity index (χ3v) is 21.0. The van der Waals surface area contributed by atoms with Crippen molar-refractivity contribution in [3.05, 3.63) is 35.9 Å². The van der Waals surface area contributed by atoms with Gasteiger partial charge in [-0.05, 0) is 152 Å². The SMILES string of the molecule is CC1([C@@H]2CC[C@]3(NCCN4CCN(C(=O)c5ccccc5)CC4)CC[C@]4(C)[C@H](CCC5[C@@]6(C)CC[C@H](OC(=O)[C@H]7C[C@@H](C(=O)O)C7(C)C)C(C)(C)[C@@H]6CC[C@]54C)C23)CC1. The first kappa shape index (κ1) is 41.9. The van der Waals surface area contributed by atoms with Gasteiger partial charge in [0.2, 0.25) is 0 Å². The second-order valence-corrected chi connectivity index (χ2v) is 23.9. The molecule has 8 heteroatoms. The topological polar surface area (TPSA) is 99.2 Å². The van der Waals surface area contributed by atoms with E-state index in [2.05, 4.69) is 51.8 Å². The molecule has 326 valence electrons. The lowest BCUT2D eigenvalue weighted by Crippen LogP contribution is -2.69. The van der Waals surface area contributed by atoms with E-state index in [-0.39, 0.29) is 45.7 Å². The Morgan fingerprint density at radius 2 is 1.42 bits per heavy atom. The van der Waals surface area contributed by atoms with Crippen molar-refractivity contribution in [2.75, 3.05) is 39.3 Å². The molecular weight excluding hydrogens is 735 g/mol. The number of carbonyl (C=O) groups is 3. The van der Waals surface area contributed by atoms with Crippen LogP contribution in [0.15, 0.2) is 30.3 Å². The molecule has 7 saturated carbocycles. The molecule has 0 bridgehead atoms. The Hall–Kier alpha value is -2.45. The van der Waals surface area contributed by atoms with E-state index < -0.39 is 17.3 Å². The summed E-state index contributed by atoms with van der Waals surface area (Å²) in [6.07, 6.45) is 15.5. The maximum Gasteiger partial charge on any atom is 0.309 e. The van der Waals surface area contributed by atoms with Crippen LogP contribution in [0, 0.1) is 73.9 Å². The number of aliphatic carboxylic acids is 1. The monoisotopic (exact) mass is 812 g/mol. The van der Waals surface area contributed by atoms with Crippen molar-refractivity contribution in [1.82, 2.24) is 15.1 Å². The first-order valence-corrected chi connectivity index (χ1v) is 24.1. The average Bonchev–Trinajstić information content (AvgIpc) is 3.82. The number of hydrogen-bond donors (Lipinski definition) is 2. The molecule has 59 heavy (non-hydrogen) atoms. The third kappa shape index (κ3) is 6.34. The number of hydrogen-bond acceptors (Lipinski definition) is 6. The van der Waals surface area contributed by atoms with Gasteiger partial charge in [0.15, 0.2) is 0 Å². The summed E-state index contributed by atoms with van der Waals surface area (Å²) < 4.78 is 6.49. The maximum absolute atomic E-state index is 13.7. The molecule has 1 aromatic carbocycles. The number of amides is 1. The summed E-state index contributed by atoms with van der Waals surface area (Å²) in [7, 11) is 0. The third-order valence-electron chi connectivity index (χ3n) is 21.0. The van der Waals surface area contributed by atoms with Gasteiger partial charge in [0.05, 0.1) is 11.8 Å². The van der Waals surface area contributed by atoms with Crippen LogP contribution in [0.3, 0.4) is 0 Å². The van der Waals surface area contributed by atoms with Crippen LogP contribution in [0.2, 0.25) is 0 Å². The molecule has 2 unspecified atom stereocenters. The first-order valence-electron chi connectivity index (χ1n) is 24.1. The lowest BCUT2D eigenvalue weighted by atomic mass is 9.32. The molecule has 8 fully saturated rings. The van der Waals surface area contributed by atoms with E-state index in [1.54, 1.807) is 0 Å². The van der Waals surface area contributed by atoms with Gasteiger partial charge in [-0.2, -0.15) is 0 Å². The number of rotatable bonds is 9. The normalized spacial score (nSPS) is 44.2. The van der Waals surface area contributed by atoms with Gasteiger partial charge in [-0.1, -0.05) is 73.6 Å². The van der Waals surface area contributed by atoms with Crippen molar-refractivity contribution in [3.63, 3.8) is 0 Å². The van der Waals surface area contributed by atoms with Crippen molar-refractivity contribution in [2.24, 2.45) is 73.9 Å². The standard InChI is InChI=1S/C51H77N3O5/c1-45(2)36(43(56)57)32-37(45)44(58)59-40-18-19-48(6)38(46(40,3)4)17-20-50(8)39(48)15-14-35-41-34(47(5)22-23-47)16-21-51(41,25-24-49(35,50)7)52-26-27-53-28-30-54(31-29-53)42(55)33-12-10-9-11-13-33/h9-13,34-41,52H,14-32H2,1-8H3,(H,56,57)/t34-,35-,36+,37-,38+,39?,40+,41?,48+,49-,50-,51+/m1/s1. The van der Waals surface area contributed by atoms with Crippen molar-refractivity contribution in [2.45, 2.75) is 151 Å². The van der Waals surface area contributed by atoms with E-state index in [0.717, 1.165) is 75.4 Å². The van der Waals surface area contributed by atoms with E-state index >= 15 is 0 Å². The molecule has 7 aliphatic carbocycles. The number of fused-ring (bicyclic) bond motifs is 7. The van der Waals surface area contributed by atoms with Crippen LogP contribution in [0.5, 0.6) is 0 Å². The molecule has 0 spiro atoms. The van der Waals surface area contributed by atoms with Crippen molar-refractivity contribution in [3.8, 4) is 0 Å². The summed E-state index contributed by atoms with van der Waals surface area (Å²) >= 11 is 0. The van der Waals surface area contributed by atoms with E-state index in [4.69, 9.17) is 4.74 Å². The van der Waals surface area contributed by atoms with E-state index in [0.29, 0.717) is 29.1 Å². The fourth-order valence-corrected chi connectivity index (χ4v) is 16.8. The summed E-state index contributed by atoms with van der Waals surface area (Å²) in [5.74, 6) is 1.83. The molecule has 1 saturated heterocycles. The van der Waals surface area contributed by atoms with Crippen LogP contribution in [0.1, 0.15) is 149 Å². The molecule has 8 nitrogen and oxygen atoms in total. The molecule has 9 rings (SSSR count). The van der Waals surface area contributed by atoms with Crippen LogP contribution < -0.4 is 5.32 Å². The van der Waals surface area contributed by atoms with E-state index in [9.17, 15) is 19.5 Å². The summed E-state index contributed by atoms with van der Waals surface area (Å²) in [4.78, 5) is 43.3. The Labute approximate surface area is 355 Å². The fraction of sp³-hybridized carbons (Fsp3) is 0.824. The lowest BCUT2D eigenvalue weighted by Gasteiger charge is -2.73. The molecule has 1 heterocycles. The summed E-state index contributed by atoms with van der Waals surface area (Å²) in [5.41, 5.74) is 1.64. The number of benzene rings is 1. The molecule has 0 aromatic heterocycles. The van der Waals surface area contributed by atoms with E-state index in [1.807, 2.05) is 49.1 Å². The highest BCUT2D eigenvalue weighted by Gasteiger charge is 2.72. The van der Waals surface area contributed by atoms with Crippen LogP contribution >= 0.6 is 0 Å². The van der Waals surface area contributed by atoms with Gasteiger partial charge in [-0.25, -0.2) is 0 Å². The second kappa shape index (κ2) is 14.3. The van der Waals surface area contributed by atoms with Gasteiger partial charge in [0.1, 0.15) is 6.10 Å². The van der Waals surface area contributed by atoms with Crippen molar-refractivity contribution >= 4 is 17.8 Å². The van der Waals surface area contributed by atoms with Gasteiger partial charge < -0.3 is 20.1 Å². The average molecular weight is 812 g/mol. The number of nitrogens with one attached hydrogen (secondary N) is 1. The Morgan fingerprint density at radius 3 is 2.08 bits per heavy atom. The highest BCUT2D eigenvalue weighted by atomic mass is 16.5. The second-order valence-electron chi connectivity index (χ2n) is 23.9. The minimum absolute atomic E-state index is 0.121. The van der Waals surface area contributed by atoms with Crippen LogP contribution in [-0.2, 0) is 14.3 Å². The van der Waals surface area contributed by atoms with Crippen molar-refractivity contribution in [1.29, 1.82) is 0 Å². The summed E-state index contributed by atoms with van der Waals surface area (Å²) in [6, 6.07) is 9.75. The molecule has 8 aliphatic rings. The number of esters is 1. The predicted octanol–water partition coefficient (Wildman–Crippen LogP) is 9.33. The number of nitrogens with zero attached hydrogens (tertiary/aromatic N) is 2. The number of carboxylic acids is 1. The molecule has 2 N–H and O–H groups in total. The van der Waals surface area contributed by atoms with E-state index in [1.165, 1.54) is 64.2 Å². The lowest BCUT2D eigenvalue weighted by molar-refractivity contribution is -0.249. The number of carboxylic acid groups (broad SMARTS) is 1. The number of carbonyl (C=O) groups excluding carboxylic acids is 2. The van der Waals surface area contributed by atoms with Gasteiger partial charge >= 0.3 is 11.9 Å². The fourth-order valence-electron chi connectivity index (χ4n) is 16.8. The van der Waals surface area contributed by atoms with Gasteiger partial charge in [-0.15, -0.1) is 0 Å². The maximum atomic E-state index is 13.7. The molecule has 0 radical (unpaired) electrons. The molecular formula is C51H77N3O5. The van der Waals surface area contributed by atoms with Crippen LogP contribution in [0.25, 0.3) is 0 Å². The van der Waals surface area contributed by atoms with Gasteiger partial charge in [0, 0.05) is 55.8 Å². The summed E-state index contributed by atoms with van der Waals surface area (Å²) in [5, 5.41) is 14.1. The zero-order valence-electron chi connectivity index (χ0n) is 37.9. The number of piperazine rings is 1. The van der Waals surface area contributed by atoms with Gasteiger partial charge in [0.25, 0.3) is 5.91 Å². The Kier molecular flexibility index (Phi) is 10.1. The minimum atomic E-state index is -0.799. The summed E-state index contributed by atoms with van der Waals surface area (Å²) in [6.45, 7) is 25.0. The highest BCUT2D eigenvalue weighted by molar-refractivity contribution is 5.94. The molecule has 12 atom stereocenters. The smallest absolute Gasteiger partial charge is 0.309 e. The van der Waals surface area contributed by atoms with Gasteiger partial charge in [-0.3, -0.25) is 19.3 Å². The first-order chi connectivity index (χ1) is 27.8. The Balaban J connectivity index is 0.884. The molecule has 1 amide bonds.